The fraction of sp³-hybridized carbons (Fsp3) is 0.281. The first-order chi connectivity index (χ1) is 18.1. The van der Waals surface area contributed by atoms with E-state index in [-0.39, 0.29) is 5.97 Å². The second-order valence-electron chi connectivity index (χ2n) is 9.63. The van der Waals surface area contributed by atoms with Crippen LogP contribution in [0.25, 0.3) is 17.0 Å². The van der Waals surface area contributed by atoms with Gasteiger partial charge in [-0.25, -0.2) is 4.79 Å². The zero-order valence-corrected chi connectivity index (χ0v) is 21.6. The third kappa shape index (κ3) is 5.78. The highest BCUT2D eigenvalue weighted by molar-refractivity contribution is 5.87. The maximum Gasteiger partial charge on any atom is 0.330 e. The predicted molar refractivity (Wildman–Crippen MR) is 149 cm³/mol. The van der Waals surface area contributed by atoms with Crippen molar-refractivity contribution in [3.63, 3.8) is 0 Å². The van der Waals surface area contributed by atoms with Crippen LogP contribution in [0.3, 0.4) is 0 Å². The van der Waals surface area contributed by atoms with Crippen molar-refractivity contribution in [2.24, 2.45) is 0 Å². The van der Waals surface area contributed by atoms with Crippen LogP contribution >= 0.6 is 0 Å². The van der Waals surface area contributed by atoms with Crippen molar-refractivity contribution in [1.29, 1.82) is 0 Å². The van der Waals surface area contributed by atoms with Crippen LogP contribution in [-0.2, 0) is 22.4 Å². The number of para-hydroxylation sites is 2. The van der Waals surface area contributed by atoms with Crippen LogP contribution in [0, 0.1) is 6.92 Å². The Balaban J connectivity index is 1.33. The van der Waals surface area contributed by atoms with Crippen molar-refractivity contribution in [2.45, 2.75) is 32.2 Å². The lowest BCUT2D eigenvalue weighted by molar-refractivity contribution is -0.134. The molecule has 1 N–H and O–H groups in total. The van der Waals surface area contributed by atoms with Crippen LogP contribution in [-0.4, -0.2) is 42.7 Å². The molecule has 0 aliphatic heterocycles. The molecule has 5 nitrogen and oxygen atoms in total. The number of nitrogens with zero attached hydrogens (tertiary/aromatic N) is 1. The number of ether oxygens (including phenoxy) is 2. The van der Waals surface area contributed by atoms with Crippen molar-refractivity contribution in [3.8, 4) is 5.75 Å². The highest BCUT2D eigenvalue weighted by Crippen LogP contribution is 2.37. The number of fused-ring (bicyclic) bond motifs is 2. The molecule has 1 aliphatic rings. The average molecular weight is 495 g/mol. The van der Waals surface area contributed by atoms with E-state index >= 15 is 0 Å². The van der Waals surface area contributed by atoms with E-state index in [4.69, 9.17) is 9.47 Å². The third-order valence-corrected chi connectivity index (χ3v) is 7.34. The van der Waals surface area contributed by atoms with Gasteiger partial charge in [-0.05, 0) is 72.2 Å². The maximum absolute atomic E-state index is 11.5. The summed E-state index contributed by atoms with van der Waals surface area (Å²) in [6, 6.07) is 23.6. The molecule has 0 amide bonds. The molecule has 190 valence electrons. The van der Waals surface area contributed by atoms with E-state index in [0.717, 1.165) is 49.2 Å². The smallest absolute Gasteiger partial charge is 0.330 e. The molecule has 0 saturated carbocycles. The van der Waals surface area contributed by atoms with E-state index < -0.39 is 0 Å². The fourth-order valence-corrected chi connectivity index (χ4v) is 5.35. The minimum absolute atomic E-state index is 0.338. The zero-order chi connectivity index (χ0) is 25.6. The van der Waals surface area contributed by atoms with Gasteiger partial charge in [0.2, 0.25) is 0 Å². The summed E-state index contributed by atoms with van der Waals surface area (Å²) in [4.78, 5) is 17.5. The third-order valence-electron chi connectivity index (χ3n) is 7.34. The first-order valence-corrected chi connectivity index (χ1v) is 13.0. The van der Waals surface area contributed by atoms with Gasteiger partial charge in [-0.3, -0.25) is 4.90 Å². The summed E-state index contributed by atoms with van der Waals surface area (Å²) >= 11 is 0. The molecule has 1 heterocycles. The van der Waals surface area contributed by atoms with Crippen LogP contribution in [0.4, 0.5) is 0 Å². The van der Waals surface area contributed by atoms with Crippen LogP contribution in [0.5, 0.6) is 5.75 Å². The van der Waals surface area contributed by atoms with Crippen molar-refractivity contribution < 1.29 is 14.3 Å². The Morgan fingerprint density at radius 3 is 2.78 bits per heavy atom. The van der Waals surface area contributed by atoms with Crippen molar-refractivity contribution >= 4 is 22.9 Å². The molecule has 1 atom stereocenters. The standard InChI is InChI=1S/C32H34N2O3/c1-23-7-3-6-10-31(23)37-20-19-34(18-17-26-22-33-29-9-5-4-8-27(26)29)30-15-13-25-21-24(11-14-28(25)30)12-16-32(35)36-2/h3-12,14,16,21-22,30,33H,13,15,17-20H2,1-2H3/b16-12+. The predicted octanol–water partition coefficient (Wildman–Crippen LogP) is 6.27. The number of H-pyrrole nitrogens is 1. The highest BCUT2D eigenvalue weighted by atomic mass is 16.5. The fourth-order valence-electron chi connectivity index (χ4n) is 5.35. The van der Waals surface area contributed by atoms with Crippen LogP contribution in [0.2, 0.25) is 0 Å². The van der Waals surface area contributed by atoms with Gasteiger partial charge in [0.15, 0.2) is 0 Å². The SMILES string of the molecule is COC(=O)/C=C/c1ccc2c(c1)CCC2N(CCOc1ccccc1C)CCc1c[nH]c2ccccc12. The number of aryl methyl sites for hydroxylation is 2. The number of aromatic amines is 1. The molecule has 5 heteroatoms. The molecule has 0 bridgehead atoms. The van der Waals surface area contributed by atoms with Crippen molar-refractivity contribution in [3.05, 3.63) is 107 Å². The van der Waals surface area contributed by atoms with Crippen LogP contribution < -0.4 is 4.74 Å². The quantitative estimate of drug-likeness (QED) is 0.208. The number of carbonyl (C=O) groups is 1. The zero-order valence-electron chi connectivity index (χ0n) is 21.6. The Morgan fingerprint density at radius 2 is 1.92 bits per heavy atom. The maximum atomic E-state index is 11.5. The Morgan fingerprint density at radius 1 is 1.08 bits per heavy atom. The molecule has 1 aromatic heterocycles. The number of esters is 1. The lowest BCUT2D eigenvalue weighted by Gasteiger charge is -2.30. The molecule has 0 radical (unpaired) electrons. The number of hydrogen-bond acceptors (Lipinski definition) is 4. The van der Waals surface area contributed by atoms with Gasteiger partial charge in [0.05, 0.1) is 7.11 Å². The monoisotopic (exact) mass is 494 g/mol. The van der Waals surface area contributed by atoms with Gasteiger partial charge in [0.1, 0.15) is 12.4 Å². The van der Waals surface area contributed by atoms with Gasteiger partial charge in [0, 0.05) is 42.3 Å². The molecular weight excluding hydrogens is 460 g/mol. The number of aromatic nitrogens is 1. The topological polar surface area (TPSA) is 54.6 Å². The molecule has 0 saturated heterocycles. The number of benzene rings is 3. The van der Waals surface area contributed by atoms with E-state index in [0.29, 0.717) is 12.6 Å². The summed E-state index contributed by atoms with van der Waals surface area (Å²) in [5, 5.41) is 1.30. The number of nitrogens with one attached hydrogen (secondary N) is 1. The van der Waals surface area contributed by atoms with Crippen LogP contribution in [0.15, 0.2) is 79.0 Å². The summed E-state index contributed by atoms with van der Waals surface area (Å²) in [5.74, 6) is 0.614. The van der Waals surface area contributed by atoms with Gasteiger partial charge in [-0.1, -0.05) is 54.6 Å². The first kappa shape index (κ1) is 24.8. The molecule has 3 aromatic carbocycles. The van der Waals surface area contributed by atoms with Gasteiger partial charge >= 0.3 is 5.97 Å². The second kappa shape index (κ2) is 11.5. The molecule has 1 unspecified atom stereocenters. The van der Waals surface area contributed by atoms with Gasteiger partial charge in [0.25, 0.3) is 0 Å². The molecule has 0 spiro atoms. The summed E-state index contributed by atoms with van der Waals surface area (Å²) in [6.07, 6.45) is 8.53. The highest BCUT2D eigenvalue weighted by Gasteiger charge is 2.28. The summed E-state index contributed by atoms with van der Waals surface area (Å²) in [6.45, 7) is 4.53. The molecule has 1 aliphatic carbocycles. The van der Waals surface area contributed by atoms with Crippen molar-refractivity contribution in [2.75, 3.05) is 26.8 Å². The largest absolute Gasteiger partial charge is 0.492 e. The Labute approximate surface area is 218 Å². The Hall–Kier alpha value is -3.83. The van der Waals surface area contributed by atoms with E-state index in [9.17, 15) is 4.79 Å². The van der Waals surface area contributed by atoms with E-state index in [2.05, 4.69) is 71.5 Å². The first-order valence-electron chi connectivity index (χ1n) is 13.0. The summed E-state index contributed by atoms with van der Waals surface area (Å²) in [5.41, 5.74) is 7.45. The Kier molecular flexibility index (Phi) is 7.71. The Bertz CT molecular complexity index is 1400. The summed E-state index contributed by atoms with van der Waals surface area (Å²) in [7, 11) is 1.40. The summed E-state index contributed by atoms with van der Waals surface area (Å²) < 4.78 is 10.9. The normalized spacial score (nSPS) is 14.9. The number of methoxy groups -OCH3 is 1. The van der Waals surface area contributed by atoms with E-state index in [1.54, 1.807) is 0 Å². The number of carbonyl (C=O) groups excluding carboxylic acids is 1. The molecule has 37 heavy (non-hydrogen) atoms. The van der Waals surface area contributed by atoms with Gasteiger partial charge in [-0.2, -0.15) is 0 Å². The number of hydrogen-bond donors (Lipinski definition) is 1. The van der Waals surface area contributed by atoms with Gasteiger partial charge < -0.3 is 14.5 Å². The molecule has 4 aromatic rings. The molecule has 5 rings (SSSR count). The minimum atomic E-state index is -0.338. The molecule has 0 fully saturated rings. The van der Waals surface area contributed by atoms with E-state index in [1.807, 2.05) is 24.3 Å². The minimum Gasteiger partial charge on any atom is -0.492 e. The van der Waals surface area contributed by atoms with Crippen molar-refractivity contribution in [1.82, 2.24) is 9.88 Å². The number of rotatable bonds is 10. The van der Waals surface area contributed by atoms with E-state index in [1.165, 1.54) is 40.8 Å². The lowest BCUT2D eigenvalue weighted by atomic mass is 10.0. The second-order valence-corrected chi connectivity index (χ2v) is 9.63. The molecular formula is C32H34N2O3. The van der Waals surface area contributed by atoms with Gasteiger partial charge in [-0.15, -0.1) is 0 Å². The average Bonchev–Trinajstić information content (AvgIpc) is 3.54. The lowest BCUT2D eigenvalue weighted by Crippen LogP contribution is -2.33. The van der Waals surface area contributed by atoms with Crippen LogP contribution in [0.1, 0.15) is 40.3 Å².